The summed E-state index contributed by atoms with van der Waals surface area (Å²) in [6, 6.07) is 7.53. The first-order chi connectivity index (χ1) is 11.0. The van der Waals surface area contributed by atoms with E-state index in [-0.39, 0.29) is 5.91 Å². The highest BCUT2D eigenvalue weighted by atomic mass is 32.1. The van der Waals surface area contributed by atoms with Crippen LogP contribution < -0.4 is 10.7 Å². The predicted octanol–water partition coefficient (Wildman–Crippen LogP) is 4.03. The summed E-state index contributed by atoms with van der Waals surface area (Å²) in [6.07, 6.45) is 1.97. The van der Waals surface area contributed by atoms with Gasteiger partial charge in [0, 0.05) is 5.71 Å². The monoisotopic (exact) mass is 332 g/mol. The molecule has 0 saturated carbocycles. The van der Waals surface area contributed by atoms with Crippen LogP contribution >= 0.6 is 11.3 Å². The zero-order valence-electron chi connectivity index (χ0n) is 14.1. The van der Waals surface area contributed by atoms with E-state index in [9.17, 15) is 4.79 Å². The first-order valence-corrected chi connectivity index (χ1v) is 8.72. The van der Waals surface area contributed by atoms with Gasteiger partial charge in [0.1, 0.15) is 6.04 Å². The SMILES string of the molecule is C/C(CCC(C)C)=N/NC(=O)[C@@H](C)Nc1nc2ccccc2s1. The molecule has 2 rings (SSSR count). The van der Waals surface area contributed by atoms with Gasteiger partial charge in [0.2, 0.25) is 0 Å². The number of benzene rings is 1. The van der Waals surface area contributed by atoms with Crippen LogP contribution in [0.1, 0.15) is 40.5 Å². The predicted molar refractivity (Wildman–Crippen MR) is 98.0 cm³/mol. The zero-order valence-corrected chi connectivity index (χ0v) is 14.9. The number of rotatable bonds is 7. The number of anilines is 1. The Labute approximate surface area is 141 Å². The molecule has 1 aromatic carbocycles. The summed E-state index contributed by atoms with van der Waals surface area (Å²) in [6.45, 7) is 8.10. The Hall–Kier alpha value is -1.95. The molecule has 1 aromatic heterocycles. The van der Waals surface area contributed by atoms with Crippen molar-refractivity contribution in [3.05, 3.63) is 24.3 Å². The van der Waals surface area contributed by atoms with Gasteiger partial charge in [0.25, 0.3) is 5.91 Å². The molecule has 1 atom stereocenters. The van der Waals surface area contributed by atoms with Gasteiger partial charge < -0.3 is 5.32 Å². The number of carbonyl (C=O) groups is 1. The van der Waals surface area contributed by atoms with Gasteiger partial charge in [0.15, 0.2) is 5.13 Å². The first-order valence-electron chi connectivity index (χ1n) is 7.91. The Morgan fingerprint density at radius 3 is 2.74 bits per heavy atom. The summed E-state index contributed by atoms with van der Waals surface area (Å²) in [7, 11) is 0. The molecular formula is C17H24N4OS. The number of nitrogens with one attached hydrogen (secondary N) is 2. The molecule has 0 radical (unpaired) electrons. The number of thiazole rings is 1. The van der Waals surface area contributed by atoms with Gasteiger partial charge in [-0.2, -0.15) is 5.10 Å². The fourth-order valence-corrected chi connectivity index (χ4v) is 2.94. The Morgan fingerprint density at radius 1 is 1.30 bits per heavy atom. The average molecular weight is 332 g/mol. The van der Waals surface area contributed by atoms with Crippen LogP contribution in [0.3, 0.4) is 0 Å². The maximum absolute atomic E-state index is 12.1. The van der Waals surface area contributed by atoms with Gasteiger partial charge in [-0.25, -0.2) is 10.4 Å². The van der Waals surface area contributed by atoms with E-state index in [1.807, 2.05) is 31.2 Å². The Kier molecular flexibility index (Phi) is 6.10. The standard InChI is InChI=1S/C17H24N4OS/c1-11(2)9-10-12(3)20-21-16(22)13(4)18-17-19-14-7-5-6-8-15(14)23-17/h5-8,11,13H,9-10H2,1-4H3,(H,18,19)(H,21,22)/b20-12-/t13-/m1/s1. The quantitative estimate of drug-likeness (QED) is 0.594. The van der Waals surface area contributed by atoms with Crippen LogP contribution in [-0.4, -0.2) is 22.6 Å². The van der Waals surface area contributed by atoms with Crippen LogP contribution in [0.25, 0.3) is 10.2 Å². The van der Waals surface area contributed by atoms with Crippen molar-refractivity contribution in [3.63, 3.8) is 0 Å². The Morgan fingerprint density at radius 2 is 2.04 bits per heavy atom. The summed E-state index contributed by atoms with van der Waals surface area (Å²) in [5.74, 6) is 0.476. The van der Waals surface area contributed by atoms with Gasteiger partial charge in [-0.15, -0.1) is 0 Å². The van der Waals surface area contributed by atoms with Gasteiger partial charge in [-0.3, -0.25) is 4.79 Å². The van der Waals surface area contributed by atoms with E-state index < -0.39 is 6.04 Å². The lowest BCUT2D eigenvalue weighted by atomic mass is 10.1. The first kappa shape index (κ1) is 17.4. The summed E-state index contributed by atoms with van der Waals surface area (Å²) < 4.78 is 1.10. The number of hydrazone groups is 1. The molecule has 2 N–H and O–H groups in total. The van der Waals surface area contributed by atoms with Crippen LogP contribution in [0.2, 0.25) is 0 Å². The lowest BCUT2D eigenvalue weighted by Gasteiger charge is -2.11. The molecule has 0 unspecified atom stereocenters. The van der Waals surface area contributed by atoms with Crippen molar-refractivity contribution >= 4 is 38.3 Å². The minimum absolute atomic E-state index is 0.159. The molecule has 124 valence electrons. The fraction of sp³-hybridized carbons (Fsp3) is 0.471. The van der Waals surface area contributed by atoms with Crippen LogP contribution in [-0.2, 0) is 4.79 Å². The molecule has 1 amide bonds. The minimum atomic E-state index is -0.391. The molecule has 0 spiro atoms. The van der Waals surface area contributed by atoms with Crippen molar-refractivity contribution in [1.82, 2.24) is 10.4 Å². The van der Waals surface area contributed by atoms with E-state index in [0.29, 0.717) is 5.92 Å². The van der Waals surface area contributed by atoms with Crippen molar-refractivity contribution in [3.8, 4) is 0 Å². The Balaban J connectivity index is 1.88. The summed E-state index contributed by atoms with van der Waals surface area (Å²) in [5, 5.41) is 8.04. The summed E-state index contributed by atoms with van der Waals surface area (Å²) in [5.41, 5.74) is 4.51. The van der Waals surface area contributed by atoms with Gasteiger partial charge in [-0.1, -0.05) is 37.3 Å². The molecule has 0 aliphatic heterocycles. The maximum atomic E-state index is 12.1. The van der Waals surface area contributed by atoms with Gasteiger partial charge in [-0.05, 0) is 44.7 Å². The van der Waals surface area contributed by atoms with E-state index in [1.54, 1.807) is 18.3 Å². The van der Waals surface area contributed by atoms with E-state index in [2.05, 4.69) is 34.7 Å². The lowest BCUT2D eigenvalue weighted by molar-refractivity contribution is -0.121. The molecule has 0 aliphatic carbocycles. The van der Waals surface area contributed by atoms with Crippen molar-refractivity contribution in [1.29, 1.82) is 0 Å². The van der Waals surface area contributed by atoms with E-state index in [0.717, 1.165) is 33.9 Å². The number of fused-ring (bicyclic) bond motifs is 1. The molecule has 0 aliphatic rings. The van der Waals surface area contributed by atoms with Crippen molar-refractivity contribution < 1.29 is 4.79 Å². The largest absolute Gasteiger partial charge is 0.350 e. The van der Waals surface area contributed by atoms with Crippen LogP contribution in [0.5, 0.6) is 0 Å². The van der Waals surface area contributed by atoms with Crippen LogP contribution in [0.15, 0.2) is 29.4 Å². The highest BCUT2D eigenvalue weighted by molar-refractivity contribution is 7.22. The molecule has 5 nitrogen and oxygen atoms in total. The second-order valence-electron chi connectivity index (χ2n) is 6.11. The molecule has 0 bridgehead atoms. The third-order valence-corrected chi connectivity index (χ3v) is 4.44. The van der Waals surface area contributed by atoms with E-state index in [1.165, 1.54) is 0 Å². The Bertz CT molecular complexity index is 660. The average Bonchev–Trinajstić information content (AvgIpc) is 2.92. The number of amides is 1. The number of aromatic nitrogens is 1. The molecular weight excluding hydrogens is 308 g/mol. The van der Waals surface area contributed by atoms with Crippen molar-refractivity contribution in [2.45, 2.75) is 46.6 Å². The maximum Gasteiger partial charge on any atom is 0.262 e. The lowest BCUT2D eigenvalue weighted by Crippen LogP contribution is -2.35. The molecule has 6 heteroatoms. The molecule has 0 saturated heterocycles. The highest BCUT2D eigenvalue weighted by Crippen LogP contribution is 2.25. The van der Waals surface area contributed by atoms with Gasteiger partial charge in [0.05, 0.1) is 10.2 Å². The van der Waals surface area contributed by atoms with Crippen LogP contribution in [0.4, 0.5) is 5.13 Å². The van der Waals surface area contributed by atoms with Gasteiger partial charge >= 0.3 is 0 Å². The molecule has 0 fully saturated rings. The summed E-state index contributed by atoms with van der Waals surface area (Å²) in [4.78, 5) is 16.6. The van der Waals surface area contributed by atoms with Crippen molar-refractivity contribution in [2.75, 3.05) is 5.32 Å². The number of hydrogen-bond acceptors (Lipinski definition) is 5. The normalized spacial score (nSPS) is 13.3. The second-order valence-corrected chi connectivity index (χ2v) is 7.14. The number of carbonyl (C=O) groups excluding carboxylic acids is 1. The van der Waals surface area contributed by atoms with Crippen molar-refractivity contribution in [2.24, 2.45) is 11.0 Å². The minimum Gasteiger partial charge on any atom is -0.350 e. The highest BCUT2D eigenvalue weighted by Gasteiger charge is 2.14. The number of para-hydroxylation sites is 1. The molecule has 1 heterocycles. The zero-order chi connectivity index (χ0) is 16.8. The topological polar surface area (TPSA) is 66.4 Å². The fourth-order valence-electron chi connectivity index (χ4n) is 1.99. The number of nitrogens with zero attached hydrogens (tertiary/aromatic N) is 2. The third-order valence-electron chi connectivity index (χ3n) is 3.47. The van der Waals surface area contributed by atoms with Crippen LogP contribution in [0, 0.1) is 5.92 Å². The smallest absolute Gasteiger partial charge is 0.262 e. The molecule has 2 aromatic rings. The second kappa shape index (κ2) is 8.06. The van der Waals surface area contributed by atoms with E-state index >= 15 is 0 Å². The third kappa shape index (κ3) is 5.32. The number of hydrogen-bond donors (Lipinski definition) is 2. The molecule has 23 heavy (non-hydrogen) atoms. The van der Waals surface area contributed by atoms with E-state index in [4.69, 9.17) is 0 Å². The summed E-state index contributed by atoms with van der Waals surface area (Å²) >= 11 is 1.54.